The van der Waals surface area contributed by atoms with E-state index in [-0.39, 0.29) is 17.5 Å². The first-order valence-electron chi connectivity index (χ1n) is 9.73. The summed E-state index contributed by atoms with van der Waals surface area (Å²) in [6.45, 7) is 3.04. The van der Waals surface area contributed by atoms with Crippen LogP contribution in [0.5, 0.6) is 0 Å². The lowest BCUT2D eigenvalue weighted by molar-refractivity contribution is -0.127. The molecule has 6 heteroatoms. The molecule has 1 fully saturated rings. The number of aromatic nitrogens is 2. The Bertz CT molecular complexity index is 1030. The quantitative estimate of drug-likeness (QED) is 0.665. The van der Waals surface area contributed by atoms with Crippen molar-refractivity contribution in [2.24, 2.45) is 0 Å². The number of fused-ring (bicyclic) bond motifs is 1. The molecule has 0 radical (unpaired) electrons. The molecule has 2 aromatic carbocycles. The SMILES string of the molecule is CCN(Cc1nc2ccccc2c(=O)[nH]1)C(C(=O)NC1CC1)c1ccccc1. The lowest BCUT2D eigenvalue weighted by atomic mass is 10.0. The fourth-order valence-corrected chi connectivity index (χ4v) is 3.46. The van der Waals surface area contributed by atoms with E-state index in [1.54, 1.807) is 6.07 Å². The molecule has 144 valence electrons. The maximum Gasteiger partial charge on any atom is 0.258 e. The molecule has 3 aromatic rings. The van der Waals surface area contributed by atoms with Gasteiger partial charge in [0, 0.05) is 6.04 Å². The fraction of sp³-hybridized carbons (Fsp3) is 0.318. The summed E-state index contributed by atoms with van der Waals surface area (Å²) in [5.41, 5.74) is 1.44. The fourth-order valence-electron chi connectivity index (χ4n) is 3.46. The Labute approximate surface area is 163 Å². The zero-order valence-electron chi connectivity index (χ0n) is 15.9. The highest BCUT2D eigenvalue weighted by Crippen LogP contribution is 2.26. The Morgan fingerprint density at radius 1 is 1.18 bits per heavy atom. The van der Waals surface area contributed by atoms with Crippen molar-refractivity contribution in [3.8, 4) is 0 Å². The lowest BCUT2D eigenvalue weighted by Crippen LogP contribution is -2.41. The van der Waals surface area contributed by atoms with Crippen LogP contribution in [0.3, 0.4) is 0 Å². The second kappa shape index (κ2) is 7.94. The summed E-state index contributed by atoms with van der Waals surface area (Å²) in [7, 11) is 0. The van der Waals surface area contributed by atoms with E-state index in [1.807, 2.05) is 60.4 Å². The molecule has 4 rings (SSSR count). The maximum absolute atomic E-state index is 13.0. The number of rotatable bonds is 7. The van der Waals surface area contributed by atoms with E-state index in [2.05, 4.69) is 15.3 Å². The highest BCUT2D eigenvalue weighted by atomic mass is 16.2. The van der Waals surface area contributed by atoms with E-state index in [4.69, 9.17) is 0 Å². The van der Waals surface area contributed by atoms with E-state index in [0.29, 0.717) is 29.8 Å². The lowest BCUT2D eigenvalue weighted by Gasteiger charge is -2.29. The minimum Gasteiger partial charge on any atom is -0.352 e. The largest absolute Gasteiger partial charge is 0.352 e. The summed E-state index contributed by atoms with van der Waals surface area (Å²) >= 11 is 0. The van der Waals surface area contributed by atoms with E-state index < -0.39 is 6.04 Å². The molecule has 1 heterocycles. The number of carbonyl (C=O) groups is 1. The first kappa shape index (κ1) is 18.4. The van der Waals surface area contributed by atoms with Crippen LogP contribution in [0.15, 0.2) is 59.4 Å². The number of hydrogen-bond donors (Lipinski definition) is 2. The van der Waals surface area contributed by atoms with E-state index in [0.717, 1.165) is 18.4 Å². The number of likely N-dealkylation sites (N-methyl/N-ethyl adjacent to an activating group) is 1. The summed E-state index contributed by atoms with van der Waals surface area (Å²) < 4.78 is 0. The van der Waals surface area contributed by atoms with Crippen molar-refractivity contribution in [3.63, 3.8) is 0 Å². The number of hydrogen-bond acceptors (Lipinski definition) is 4. The molecule has 0 bridgehead atoms. The van der Waals surface area contributed by atoms with Crippen LogP contribution in [0.25, 0.3) is 10.9 Å². The van der Waals surface area contributed by atoms with Crippen molar-refractivity contribution in [3.05, 3.63) is 76.3 Å². The summed E-state index contributed by atoms with van der Waals surface area (Å²) in [6.07, 6.45) is 2.08. The van der Waals surface area contributed by atoms with Crippen molar-refractivity contribution < 1.29 is 4.79 Å². The number of H-pyrrole nitrogens is 1. The first-order valence-corrected chi connectivity index (χ1v) is 9.73. The molecule has 28 heavy (non-hydrogen) atoms. The van der Waals surface area contributed by atoms with Gasteiger partial charge in [-0.2, -0.15) is 0 Å². The third kappa shape index (κ3) is 3.97. The average molecular weight is 376 g/mol. The number of carbonyl (C=O) groups excluding carboxylic acids is 1. The highest BCUT2D eigenvalue weighted by molar-refractivity contribution is 5.83. The minimum absolute atomic E-state index is 0.00122. The zero-order chi connectivity index (χ0) is 19.5. The van der Waals surface area contributed by atoms with Gasteiger partial charge in [0.05, 0.1) is 17.4 Å². The van der Waals surface area contributed by atoms with Crippen molar-refractivity contribution in [1.82, 2.24) is 20.2 Å². The van der Waals surface area contributed by atoms with E-state index in [9.17, 15) is 9.59 Å². The van der Waals surface area contributed by atoms with Gasteiger partial charge < -0.3 is 10.3 Å². The topological polar surface area (TPSA) is 78.1 Å². The summed E-state index contributed by atoms with van der Waals surface area (Å²) in [5.74, 6) is 0.560. The molecule has 1 amide bonds. The standard InChI is InChI=1S/C22H24N4O2/c1-2-26(14-19-24-18-11-7-6-10-17(18)21(27)25-19)20(15-8-4-3-5-9-15)22(28)23-16-12-13-16/h3-11,16,20H,2,12-14H2,1H3,(H,23,28)(H,24,25,27). The third-order valence-electron chi connectivity index (χ3n) is 5.07. The van der Waals surface area contributed by atoms with Gasteiger partial charge in [0.1, 0.15) is 11.9 Å². The number of amides is 1. The molecule has 1 aliphatic carbocycles. The number of nitrogens with zero attached hydrogens (tertiary/aromatic N) is 2. The van der Waals surface area contributed by atoms with E-state index in [1.165, 1.54) is 0 Å². The summed E-state index contributed by atoms with van der Waals surface area (Å²) in [5, 5.41) is 3.69. The van der Waals surface area contributed by atoms with Gasteiger partial charge in [-0.15, -0.1) is 0 Å². The number of benzene rings is 2. The van der Waals surface area contributed by atoms with Gasteiger partial charge in [-0.05, 0) is 37.1 Å². The van der Waals surface area contributed by atoms with Crippen LogP contribution >= 0.6 is 0 Å². The van der Waals surface area contributed by atoms with Gasteiger partial charge in [0.15, 0.2) is 0 Å². The number of para-hydroxylation sites is 1. The molecule has 1 aliphatic rings. The second-order valence-corrected chi connectivity index (χ2v) is 7.19. The third-order valence-corrected chi connectivity index (χ3v) is 5.07. The zero-order valence-corrected chi connectivity index (χ0v) is 15.9. The Balaban J connectivity index is 1.66. The number of nitrogens with one attached hydrogen (secondary N) is 2. The Kier molecular flexibility index (Phi) is 5.21. The Morgan fingerprint density at radius 2 is 1.89 bits per heavy atom. The van der Waals surface area contributed by atoms with E-state index >= 15 is 0 Å². The van der Waals surface area contributed by atoms with Crippen molar-refractivity contribution in [1.29, 1.82) is 0 Å². The predicted octanol–water partition coefficient (Wildman–Crippen LogP) is 2.76. The summed E-state index contributed by atoms with van der Waals surface area (Å²) in [6, 6.07) is 16.9. The van der Waals surface area contributed by atoms with Crippen molar-refractivity contribution in [2.45, 2.75) is 38.4 Å². The van der Waals surface area contributed by atoms with Gasteiger partial charge >= 0.3 is 0 Å². The summed E-state index contributed by atoms with van der Waals surface area (Å²) in [4.78, 5) is 34.9. The average Bonchev–Trinajstić information content (AvgIpc) is 3.52. The van der Waals surface area contributed by atoms with Gasteiger partial charge in [-0.1, -0.05) is 49.4 Å². The minimum atomic E-state index is -0.427. The Hall–Kier alpha value is -2.99. The van der Waals surface area contributed by atoms with Crippen molar-refractivity contribution in [2.75, 3.05) is 6.54 Å². The second-order valence-electron chi connectivity index (χ2n) is 7.19. The van der Waals surface area contributed by atoms with Crippen LogP contribution in [0.2, 0.25) is 0 Å². The molecule has 1 unspecified atom stereocenters. The normalized spacial score (nSPS) is 14.9. The smallest absolute Gasteiger partial charge is 0.258 e. The van der Waals surface area contributed by atoms with Crippen LogP contribution < -0.4 is 10.9 Å². The van der Waals surface area contributed by atoms with Crippen LogP contribution in [0.4, 0.5) is 0 Å². The first-order chi connectivity index (χ1) is 13.7. The molecule has 1 atom stereocenters. The van der Waals surface area contributed by atoms with Crippen LogP contribution in [-0.4, -0.2) is 33.4 Å². The molecule has 1 aromatic heterocycles. The number of aromatic amines is 1. The molecule has 2 N–H and O–H groups in total. The molecule has 0 spiro atoms. The molecular weight excluding hydrogens is 352 g/mol. The van der Waals surface area contributed by atoms with Crippen molar-refractivity contribution >= 4 is 16.8 Å². The van der Waals surface area contributed by atoms with Gasteiger partial charge in [0.25, 0.3) is 5.56 Å². The Morgan fingerprint density at radius 3 is 2.61 bits per heavy atom. The highest BCUT2D eigenvalue weighted by Gasteiger charge is 2.32. The van der Waals surface area contributed by atoms with Crippen LogP contribution in [0, 0.1) is 0 Å². The molecule has 0 aliphatic heterocycles. The molecular formula is C22H24N4O2. The molecule has 1 saturated carbocycles. The van der Waals surface area contributed by atoms with Gasteiger partial charge in [-0.3, -0.25) is 14.5 Å². The molecule has 0 saturated heterocycles. The van der Waals surface area contributed by atoms with Gasteiger partial charge in [0.2, 0.25) is 5.91 Å². The monoisotopic (exact) mass is 376 g/mol. The van der Waals surface area contributed by atoms with Crippen LogP contribution in [0.1, 0.15) is 37.2 Å². The van der Waals surface area contributed by atoms with Gasteiger partial charge in [-0.25, -0.2) is 4.98 Å². The maximum atomic E-state index is 13.0. The molecule has 6 nitrogen and oxygen atoms in total. The predicted molar refractivity (Wildman–Crippen MR) is 109 cm³/mol. The van der Waals surface area contributed by atoms with Crippen LogP contribution in [-0.2, 0) is 11.3 Å².